The van der Waals surface area contributed by atoms with Crippen molar-refractivity contribution in [2.45, 2.75) is 6.92 Å². The lowest BCUT2D eigenvalue weighted by Gasteiger charge is -2.22. The molecule has 0 atom stereocenters. The molecule has 5 heteroatoms. The lowest BCUT2D eigenvalue weighted by molar-refractivity contribution is -0.117. The molecule has 0 saturated carbocycles. The molecule has 0 radical (unpaired) electrons. The van der Waals surface area contributed by atoms with Crippen molar-refractivity contribution in [2.75, 3.05) is 17.3 Å². The van der Waals surface area contributed by atoms with Gasteiger partial charge in [0.1, 0.15) is 5.88 Å². The van der Waals surface area contributed by atoms with Crippen molar-refractivity contribution in [3.63, 3.8) is 0 Å². The van der Waals surface area contributed by atoms with Crippen LogP contribution >= 0.6 is 11.6 Å². The number of hydrogen-bond acceptors (Lipinski definition) is 2. The molecule has 0 aliphatic carbocycles. The number of carbonyl (C=O) groups excluding carboxylic acids is 2. The number of imide groups is 1. The van der Waals surface area contributed by atoms with E-state index in [2.05, 4.69) is 5.32 Å². The van der Waals surface area contributed by atoms with E-state index in [1.165, 1.54) is 4.90 Å². The van der Waals surface area contributed by atoms with Crippen LogP contribution in [0.5, 0.6) is 0 Å². The van der Waals surface area contributed by atoms with Crippen LogP contribution in [0.2, 0.25) is 0 Å². The van der Waals surface area contributed by atoms with Crippen LogP contribution in [0, 0.1) is 0 Å². The van der Waals surface area contributed by atoms with Crippen molar-refractivity contribution in [3.8, 4) is 0 Å². The number of amides is 3. The van der Waals surface area contributed by atoms with E-state index in [4.69, 9.17) is 11.6 Å². The van der Waals surface area contributed by atoms with Crippen LogP contribution in [0.4, 0.5) is 10.5 Å². The molecule has 20 heavy (non-hydrogen) atoms. The Bertz CT molecular complexity index is 637. The first-order valence-electron chi connectivity index (χ1n) is 6.32. The van der Waals surface area contributed by atoms with Crippen molar-refractivity contribution >= 4 is 40.0 Å². The second-order valence-electron chi connectivity index (χ2n) is 4.23. The van der Waals surface area contributed by atoms with E-state index in [1.807, 2.05) is 49.4 Å². The molecule has 0 heterocycles. The Kier molecular flexibility index (Phi) is 4.58. The maximum Gasteiger partial charge on any atom is 0.328 e. The number of halogens is 1. The molecule has 0 saturated heterocycles. The van der Waals surface area contributed by atoms with Gasteiger partial charge in [-0.15, -0.1) is 11.6 Å². The predicted molar refractivity (Wildman–Crippen MR) is 81.2 cm³/mol. The van der Waals surface area contributed by atoms with Crippen LogP contribution in [-0.2, 0) is 4.79 Å². The van der Waals surface area contributed by atoms with Gasteiger partial charge in [-0.05, 0) is 18.4 Å². The Morgan fingerprint density at radius 2 is 1.85 bits per heavy atom. The SMILES string of the molecule is CCN(C(=O)NC(=O)CCl)c1cccc2ccccc12. The molecule has 0 spiro atoms. The summed E-state index contributed by atoms with van der Waals surface area (Å²) in [5.41, 5.74) is 0.769. The van der Waals surface area contributed by atoms with Crippen molar-refractivity contribution in [3.05, 3.63) is 42.5 Å². The van der Waals surface area contributed by atoms with E-state index >= 15 is 0 Å². The number of fused-ring (bicyclic) bond motifs is 1. The fraction of sp³-hybridized carbons (Fsp3) is 0.200. The number of carbonyl (C=O) groups is 2. The van der Waals surface area contributed by atoms with Crippen LogP contribution in [-0.4, -0.2) is 24.4 Å². The molecule has 1 N–H and O–H groups in total. The van der Waals surface area contributed by atoms with Gasteiger partial charge in [-0.3, -0.25) is 15.0 Å². The third kappa shape index (κ3) is 2.91. The highest BCUT2D eigenvalue weighted by molar-refractivity contribution is 6.28. The zero-order chi connectivity index (χ0) is 14.5. The van der Waals surface area contributed by atoms with Gasteiger partial charge in [0.25, 0.3) is 0 Å². The van der Waals surface area contributed by atoms with Gasteiger partial charge in [-0.1, -0.05) is 36.4 Å². The molecule has 2 aromatic rings. The minimum absolute atomic E-state index is 0.237. The lowest BCUT2D eigenvalue weighted by Crippen LogP contribution is -2.43. The maximum absolute atomic E-state index is 12.1. The lowest BCUT2D eigenvalue weighted by atomic mass is 10.1. The number of nitrogens with zero attached hydrogens (tertiary/aromatic N) is 1. The number of urea groups is 1. The smallest absolute Gasteiger partial charge is 0.294 e. The largest absolute Gasteiger partial charge is 0.328 e. The van der Waals surface area contributed by atoms with Crippen molar-refractivity contribution < 1.29 is 9.59 Å². The Labute approximate surface area is 122 Å². The maximum atomic E-state index is 12.1. The molecule has 2 rings (SSSR count). The van der Waals surface area contributed by atoms with Crippen LogP contribution in [0.15, 0.2) is 42.5 Å². The Balaban J connectivity index is 2.39. The van der Waals surface area contributed by atoms with Crippen LogP contribution in [0.25, 0.3) is 10.8 Å². The zero-order valence-electron chi connectivity index (χ0n) is 11.1. The van der Waals surface area contributed by atoms with Gasteiger partial charge in [0.2, 0.25) is 5.91 Å². The van der Waals surface area contributed by atoms with Crippen LogP contribution < -0.4 is 10.2 Å². The minimum atomic E-state index is -0.504. The van der Waals surface area contributed by atoms with Gasteiger partial charge in [-0.25, -0.2) is 4.79 Å². The summed E-state index contributed by atoms with van der Waals surface area (Å²) < 4.78 is 0. The number of hydrogen-bond donors (Lipinski definition) is 1. The molecule has 0 fully saturated rings. The van der Waals surface area contributed by atoms with E-state index in [0.717, 1.165) is 16.5 Å². The number of benzene rings is 2. The van der Waals surface area contributed by atoms with Gasteiger partial charge in [0.15, 0.2) is 0 Å². The third-order valence-corrected chi connectivity index (χ3v) is 3.23. The molecule has 0 unspecified atom stereocenters. The Hall–Kier alpha value is -2.07. The molecule has 0 bridgehead atoms. The van der Waals surface area contributed by atoms with E-state index in [-0.39, 0.29) is 5.88 Å². The summed E-state index contributed by atoms with van der Waals surface area (Å²) in [5.74, 6) is -0.742. The summed E-state index contributed by atoms with van der Waals surface area (Å²) in [7, 11) is 0. The first kappa shape index (κ1) is 14.3. The summed E-state index contributed by atoms with van der Waals surface area (Å²) >= 11 is 5.40. The summed E-state index contributed by atoms with van der Waals surface area (Å²) in [4.78, 5) is 24.9. The van der Waals surface area contributed by atoms with E-state index in [1.54, 1.807) is 0 Å². The monoisotopic (exact) mass is 290 g/mol. The summed E-state index contributed by atoms with van der Waals surface area (Å²) in [6.07, 6.45) is 0. The molecule has 2 aromatic carbocycles. The zero-order valence-corrected chi connectivity index (χ0v) is 11.9. The number of nitrogens with one attached hydrogen (secondary N) is 1. The average molecular weight is 291 g/mol. The molecule has 4 nitrogen and oxygen atoms in total. The molecule has 3 amide bonds. The Morgan fingerprint density at radius 1 is 1.15 bits per heavy atom. The average Bonchev–Trinajstić information content (AvgIpc) is 2.48. The fourth-order valence-corrected chi connectivity index (χ4v) is 2.15. The highest BCUT2D eigenvalue weighted by Crippen LogP contribution is 2.26. The van der Waals surface area contributed by atoms with E-state index in [9.17, 15) is 9.59 Å². The first-order valence-corrected chi connectivity index (χ1v) is 6.86. The second kappa shape index (κ2) is 6.39. The van der Waals surface area contributed by atoms with Gasteiger partial charge in [0.05, 0.1) is 5.69 Å². The molecular formula is C15H15ClN2O2. The normalized spacial score (nSPS) is 10.3. The van der Waals surface area contributed by atoms with Crippen molar-refractivity contribution in [1.29, 1.82) is 0 Å². The van der Waals surface area contributed by atoms with E-state index in [0.29, 0.717) is 6.54 Å². The van der Waals surface area contributed by atoms with Crippen LogP contribution in [0.3, 0.4) is 0 Å². The molecule has 0 aliphatic heterocycles. The summed E-state index contributed by atoms with van der Waals surface area (Å²) in [6, 6.07) is 13.1. The van der Waals surface area contributed by atoms with Gasteiger partial charge in [-0.2, -0.15) is 0 Å². The van der Waals surface area contributed by atoms with E-state index < -0.39 is 11.9 Å². The number of anilines is 1. The minimum Gasteiger partial charge on any atom is -0.294 e. The third-order valence-electron chi connectivity index (χ3n) is 2.99. The molecule has 0 aromatic heterocycles. The van der Waals surface area contributed by atoms with Gasteiger partial charge >= 0.3 is 6.03 Å². The second-order valence-corrected chi connectivity index (χ2v) is 4.50. The number of rotatable bonds is 3. The summed E-state index contributed by atoms with van der Waals surface area (Å²) in [5, 5.41) is 4.26. The Morgan fingerprint density at radius 3 is 2.55 bits per heavy atom. The topological polar surface area (TPSA) is 49.4 Å². The molecule has 0 aliphatic rings. The quantitative estimate of drug-likeness (QED) is 0.883. The van der Waals surface area contributed by atoms with Gasteiger partial charge < -0.3 is 0 Å². The molecule has 104 valence electrons. The van der Waals surface area contributed by atoms with Gasteiger partial charge in [0, 0.05) is 11.9 Å². The molecular weight excluding hydrogens is 276 g/mol. The highest BCUT2D eigenvalue weighted by Gasteiger charge is 2.17. The highest BCUT2D eigenvalue weighted by atomic mass is 35.5. The van der Waals surface area contributed by atoms with Crippen LogP contribution in [0.1, 0.15) is 6.92 Å². The summed E-state index contributed by atoms with van der Waals surface area (Å²) in [6.45, 7) is 2.31. The standard InChI is InChI=1S/C15H15ClN2O2/c1-2-18(15(20)17-14(19)10-16)13-9-5-7-11-6-3-4-8-12(11)13/h3-9H,2,10H2,1H3,(H,17,19,20). The predicted octanol–water partition coefficient (Wildman–Crippen LogP) is 3.14. The fourth-order valence-electron chi connectivity index (χ4n) is 2.09. The number of alkyl halides is 1. The van der Waals surface area contributed by atoms with Crippen molar-refractivity contribution in [2.24, 2.45) is 0 Å². The first-order chi connectivity index (χ1) is 9.67. The van der Waals surface area contributed by atoms with Crippen molar-refractivity contribution in [1.82, 2.24) is 5.32 Å².